The van der Waals surface area contributed by atoms with Crippen LogP contribution in [0, 0.1) is 5.92 Å². The molecule has 0 aromatic heterocycles. The minimum absolute atomic E-state index is 0.0240. The van der Waals surface area contributed by atoms with E-state index in [0.29, 0.717) is 18.8 Å². The van der Waals surface area contributed by atoms with Crippen molar-refractivity contribution in [3.8, 4) is 11.5 Å². The Kier molecular flexibility index (Phi) is 8.36. The quantitative estimate of drug-likeness (QED) is 0.685. The van der Waals surface area contributed by atoms with Crippen LogP contribution in [-0.2, 0) is 9.59 Å². The third-order valence-electron chi connectivity index (χ3n) is 5.61. The van der Waals surface area contributed by atoms with E-state index >= 15 is 0 Å². The van der Waals surface area contributed by atoms with E-state index in [4.69, 9.17) is 9.47 Å². The predicted octanol–water partition coefficient (Wildman–Crippen LogP) is 2.95. The van der Waals surface area contributed by atoms with E-state index in [1.165, 1.54) is 0 Å². The Morgan fingerprint density at radius 1 is 0.938 bits per heavy atom. The van der Waals surface area contributed by atoms with Gasteiger partial charge in [0.2, 0.25) is 5.91 Å². The number of nitrogens with zero attached hydrogens (tertiary/aromatic N) is 2. The van der Waals surface area contributed by atoms with Crippen LogP contribution in [0.1, 0.15) is 20.3 Å². The van der Waals surface area contributed by atoms with Gasteiger partial charge in [-0.1, -0.05) is 32.0 Å². The van der Waals surface area contributed by atoms with Gasteiger partial charge in [-0.25, -0.2) is 0 Å². The summed E-state index contributed by atoms with van der Waals surface area (Å²) >= 11 is 0. The summed E-state index contributed by atoms with van der Waals surface area (Å²) in [7, 11) is 1.65. The summed E-state index contributed by atoms with van der Waals surface area (Å²) in [5.41, 5.74) is 1.12. The molecular formula is C25H33N3O4. The smallest absolute Gasteiger partial charge is 0.258 e. The Balaban J connectivity index is 1.56. The van der Waals surface area contributed by atoms with Gasteiger partial charge in [-0.2, -0.15) is 0 Å². The first-order chi connectivity index (χ1) is 15.5. The number of anilines is 1. The van der Waals surface area contributed by atoms with Crippen molar-refractivity contribution in [2.75, 3.05) is 44.8 Å². The average Bonchev–Trinajstić information content (AvgIpc) is 3.08. The number of para-hydroxylation sites is 1. The number of hydrogen-bond acceptors (Lipinski definition) is 5. The van der Waals surface area contributed by atoms with Crippen LogP contribution >= 0.6 is 0 Å². The number of nitrogens with one attached hydrogen (secondary N) is 1. The molecule has 1 aliphatic rings. The van der Waals surface area contributed by atoms with E-state index in [1.807, 2.05) is 61.2 Å². The Hall–Kier alpha value is -3.22. The molecule has 0 saturated carbocycles. The molecule has 0 radical (unpaired) electrons. The highest BCUT2D eigenvalue weighted by atomic mass is 16.5. The number of benzene rings is 2. The van der Waals surface area contributed by atoms with Crippen molar-refractivity contribution in [1.29, 1.82) is 0 Å². The second-order valence-electron chi connectivity index (χ2n) is 8.25. The molecule has 0 bridgehead atoms. The number of carbonyl (C=O) groups is 2. The van der Waals surface area contributed by atoms with Crippen LogP contribution in [0.5, 0.6) is 11.5 Å². The fourth-order valence-electron chi connectivity index (χ4n) is 3.78. The highest BCUT2D eigenvalue weighted by Gasteiger charge is 2.30. The van der Waals surface area contributed by atoms with Crippen molar-refractivity contribution in [2.24, 2.45) is 5.92 Å². The molecule has 2 aromatic carbocycles. The summed E-state index contributed by atoms with van der Waals surface area (Å²) in [6.45, 7) is 6.68. The van der Waals surface area contributed by atoms with Crippen molar-refractivity contribution < 1.29 is 19.1 Å². The highest BCUT2D eigenvalue weighted by molar-refractivity contribution is 5.88. The standard InChI is InChI=1S/C25H33N3O4/c1-19(2)24(26-23(29)18-32-22-8-5-4-6-9-22)25(30)28-15-7-14-27(16-17-28)20-10-12-21(31-3)13-11-20/h4-6,8-13,19,24H,7,14-18H2,1-3H3,(H,26,29). The largest absolute Gasteiger partial charge is 0.497 e. The first kappa shape index (κ1) is 23.4. The first-order valence-electron chi connectivity index (χ1n) is 11.1. The van der Waals surface area contributed by atoms with Crippen molar-refractivity contribution >= 4 is 17.5 Å². The van der Waals surface area contributed by atoms with Crippen molar-refractivity contribution in [3.05, 3.63) is 54.6 Å². The predicted molar refractivity (Wildman–Crippen MR) is 125 cm³/mol. The molecule has 1 heterocycles. The lowest BCUT2D eigenvalue weighted by molar-refractivity contribution is -0.138. The van der Waals surface area contributed by atoms with E-state index in [9.17, 15) is 9.59 Å². The van der Waals surface area contributed by atoms with Gasteiger partial charge < -0.3 is 24.6 Å². The monoisotopic (exact) mass is 439 g/mol. The molecule has 32 heavy (non-hydrogen) atoms. The Bertz CT molecular complexity index is 871. The molecule has 1 N–H and O–H groups in total. The molecular weight excluding hydrogens is 406 g/mol. The minimum atomic E-state index is -0.575. The zero-order valence-corrected chi connectivity index (χ0v) is 19.1. The van der Waals surface area contributed by atoms with Gasteiger partial charge in [-0.15, -0.1) is 0 Å². The van der Waals surface area contributed by atoms with Crippen LogP contribution in [0.2, 0.25) is 0 Å². The van der Waals surface area contributed by atoms with E-state index < -0.39 is 6.04 Å². The topological polar surface area (TPSA) is 71.1 Å². The third kappa shape index (κ3) is 6.39. The molecule has 1 aliphatic heterocycles. The van der Waals surface area contributed by atoms with Crippen LogP contribution in [0.3, 0.4) is 0 Å². The van der Waals surface area contributed by atoms with Crippen LogP contribution in [-0.4, -0.2) is 62.7 Å². The van der Waals surface area contributed by atoms with Crippen molar-refractivity contribution in [3.63, 3.8) is 0 Å². The molecule has 1 atom stereocenters. The number of hydrogen-bond donors (Lipinski definition) is 1. The van der Waals surface area contributed by atoms with Gasteiger partial charge in [0.05, 0.1) is 7.11 Å². The fourth-order valence-corrected chi connectivity index (χ4v) is 3.78. The number of amides is 2. The molecule has 3 rings (SSSR count). The second-order valence-corrected chi connectivity index (χ2v) is 8.25. The number of carbonyl (C=O) groups excluding carboxylic acids is 2. The lowest BCUT2D eigenvalue weighted by Gasteiger charge is -2.29. The molecule has 0 spiro atoms. The summed E-state index contributed by atoms with van der Waals surface area (Å²) in [6.07, 6.45) is 0.869. The van der Waals surface area contributed by atoms with E-state index in [2.05, 4.69) is 10.2 Å². The van der Waals surface area contributed by atoms with E-state index in [0.717, 1.165) is 30.9 Å². The molecule has 7 nitrogen and oxygen atoms in total. The maximum Gasteiger partial charge on any atom is 0.258 e. The SMILES string of the molecule is COc1ccc(N2CCCN(C(=O)C(NC(=O)COc3ccccc3)C(C)C)CC2)cc1. The molecule has 0 aliphatic carbocycles. The third-order valence-corrected chi connectivity index (χ3v) is 5.61. The first-order valence-corrected chi connectivity index (χ1v) is 11.1. The van der Waals surface area contributed by atoms with Crippen LogP contribution in [0.15, 0.2) is 54.6 Å². The minimum Gasteiger partial charge on any atom is -0.497 e. The van der Waals surface area contributed by atoms with Crippen molar-refractivity contribution in [2.45, 2.75) is 26.3 Å². The van der Waals surface area contributed by atoms with Gasteiger partial charge in [-0.05, 0) is 48.7 Å². The van der Waals surface area contributed by atoms with Crippen LogP contribution in [0.4, 0.5) is 5.69 Å². The Morgan fingerprint density at radius 2 is 1.66 bits per heavy atom. The number of rotatable bonds is 8. The maximum absolute atomic E-state index is 13.3. The zero-order chi connectivity index (χ0) is 22.9. The Labute approximate surface area is 190 Å². The van der Waals surface area contributed by atoms with Gasteiger partial charge in [0.25, 0.3) is 5.91 Å². The summed E-state index contributed by atoms with van der Waals surface area (Å²) in [5.74, 6) is 1.10. The highest BCUT2D eigenvalue weighted by Crippen LogP contribution is 2.21. The summed E-state index contributed by atoms with van der Waals surface area (Å²) in [5, 5.41) is 2.88. The van der Waals surface area contributed by atoms with E-state index in [-0.39, 0.29) is 24.3 Å². The lowest BCUT2D eigenvalue weighted by Crippen LogP contribution is -2.52. The van der Waals surface area contributed by atoms with Crippen LogP contribution in [0.25, 0.3) is 0 Å². The van der Waals surface area contributed by atoms with Gasteiger partial charge in [0, 0.05) is 31.9 Å². The van der Waals surface area contributed by atoms with Gasteiger partial charge in [0.15, 0.2) is 6.61 Å². The van der Waals surface area contributed by atoms with E-state index in [1.54, 1.807) is 19.2 Å². The summed E-state index contributed by atoms with van der Waals surface area (Å²) in [4.78, 5) is 29.9. The van der Waals surface area contributed by atoms with Crippen molar-refractivity contribution in [1.82, 2.24) is 10.2 Å². The Morgan fingerprint density at radius 3 is 2.31 bits per heavy atom. The summed E-state index contributed by atoms with van der Waals surface area (Å²) < 4.78 is 10.8. The normalized spacial score (nSPS) is 15.1. The van der Waals surface area contributed by atoms with Gasteiger partial charge in [-0.3, -0.25) is 9.59 Å². The molecule has 1 saturated heterocycles. The van der Waals surface area contributed by atoms with Gasteiger partial charge >= 0.3 is 0 Å². The molecule has 1 unspecified atom stereocenters. The number of methoxy groups -OCH3 is 1. The van der Waals surface area contributed by atoms with Gasteiger partial charge in [0.1, 0.15) is 17.5 Å². The van der Waals surface area contributed by atoms with Crippen LogP contribution < -0.4 is 19.7 Å². The molecule has 7 heteroatoms. The maximum atomic E-state index is 13.3. The molecule has 172 valence electrons. The molecule has 2 aromatic rings. The second kappa shape index (κ2) is 11.4. The average molecular weight is 440 g/mol. The zero-order valence-electron chi connectivity index (χ0n) is 19.1. The fraction of sp³-hybridized carbons (Fsp3) is 0.440. The number of ether oxygens (including phenoxy) is 2. The molecule has 1 fully saturated rings. The molecule has 2 amide bonds. The summed E-state index contributed by atoms with van der Waals surface area (Å²) in [6, 6.07) is 16.6. The lowest BCUT2D eigenvalue weighted by atomic mass is 10.0.